The van der Waals surface area contributed by atoms with E-state index < -0.39 is 36.0 Å². The summed E-state index contributed by atoms with van der Waals surface area (Å²) in [5, 5.41) is 14.5. The van der Waals surface area contributed by atoms with Crippen LogP contribution in [0.25, 0.3) is 0 Å². The van der Waals surface area contributed by atoms with Crippen LogP contribution in [0.5, 0.6) is 5.75 Å². The molecule has 0 radical (unpaired) electrons. The number of amides is 4. The van der Waals surface area contributed by atoms with Gasteiger partial charge >= 0.3 is 6.03 Å². The van der Waals surface area contributed by atoms with Gasteiger partial charge in [-0.25, -0.2) is 9.69 Å². The molecule has 11 heteroatoms. The maximum atomic E-state index is 13.2. The summed E-state index contributed by atoms with van der Waals surface area (Å²) in [5.74, 6) is -0.674. The number of methoxy groups -OCH3 is 1. The molecule has 0 saturated carbocycles. The summed E-state index contributed by atoms with van der Waals surface area (Å²) in [7, 11) is 1.39. The van der Waals surface area contributed by atoms with Gasteiger partial charge in [-0.1, -0.05) is 23.7 Å². The van der Waals surface area contributed by atoms with Crippen molar-refractivity contribution in [2.24, 2.45) is 0 Å². The van der Waals surface area contributed by atoms with Crippen LogP contribution in [0, 0.1) is 3.57 Å². The standard InChI is InChI=1S/C22H23ClIN3O6/c1-12(32-2)19(20(29)25-17-8-5-14(24)11-16(17)23)27-21(30)18(26-22(27)31)13-3-6-15(7-4-13)33-10-9-28/h3-8,11-12,18-19,28H,9-10H2,1-2H3,(H,25,29)(H,26,31)/t12-,18-,19+/m1/s1. The Balaban J connectivity index is 1.83. The number of hydrogen-bond donors (Lipinski definition) is 3. The smallest absolute Gasteiger partial charge is 0.325 e. The summed E-state index contributed by atoms with van der Waals surface area (Å²) >= 11 is 8.32. The van der Waals surface area contributed by atoms with Gasteiger partial charge < -0.3 is 25.2 Å². The summed E-state index contributed by atoms with van der Waals surface area (Å²) < 4.78 is 11.5. The minimum Gasteiger partial charge on any atom is -0.491 e. The van der Waals surface area contributed by atoms with Crippen molar-refractivity contribution in [2.75, 3.05) is 25.6 Å². The van der Waals surface area contributed by atoms with Crippen LogP contribution in [-0.4, -0.2) is 60.3 Å². The van der Waals surface area contributed by atoms with Gasteiger partial charge in [0.2, 0.25) is 5.91 Å². The average molecular weight is 588 g/mol. The largest absolute Gasteiger partial charge is 0.491 e. The molecule has 0 unspecified atom stereocenters. The number of rotatable bonds is 9. The lowest BCUT2D eigenvalue weighted by Gasteiger charge is -2.28. The Labute approximate surface area is 209 Å². The maximum absolute atomic E-state index is 13.2. The zero-order chi connectivity index (χ0) is 24.1. The van der Waals surface area contributed by atoms with Crippen LogP contribution in [0.1, 0.15) is 18.5 Å². The average Bonchev–Trinajstić information content (AvgIpc) is 3.08. The molecular weight excluding hydrogens is 565 g/mol. The molecule has 0 aliphatic carbocycles. The molecule has 2 aromatic rings. The number of imide groups is 1. The fourth-order valence-corrected chi connectivity index (χ4v) is 4.27. The molecule has 2 aromatic carbocycles. The summed E-state index contributed by atoms with van der Waals surface area (Å²) in [6, 6.07) is 8.74. The molecule has 3 rings (SSSR count). The first-order valence-electron chi connectivity index (χ1n) is 10.0. The van der Waals surface area contributed by atoms with E-state index in [1.54, 1.807) is 49.4 Å². The van der Waals surface area contributed by atoms with E-state index in [-0.39, 0.29) is 13.2 Å². The van der Waals surface area contributed by atoms with Crippen molar-refractivity contribution >= 4 is 57.7 Å². The summed E-state index contributed by atoms with van der Waals surface area (Å²) in [6.07, 6.45) is -0.782. The Morgan fingerprint density at radius 1 is 1.27 bits per heavy atom. The van der Waals surface area contributed by atoms with Crippen LogP contribution in [0.4, 0.5) is 10.5 Å². The molecule has 1 saturated heterocycles. The first-order valence-corrected chi connectivity index (χ1v) is 11.5. The molecule has 3 atom stereocenters. The summed E-state index contributed by atoms with van der Waals surface area (Å²) in [5.41, 5.74) is 0.884. The number of anilines is 1. The van der Waals surface area contributed by atoms with Crippen molar-refractivity contribution in [2.45, 2.75) is 25.1 Å². The Morgan fingerprint density at radius 3 is 2.58 bits per heavy atom. The first-order chi connectivity index (χ1) is 15.8. The number of benzene rings is 2. The number of urea groups is 1. The zero-order valence-electron chi connectivity index (χ0n) is 17.9. The fraction of sp³-hybridized carbons (Fsp3) is 0.318. The molecule has 9 nitrogen and oxygen atoms in total. The predicted molar refractivity (Wildman–Crippen MR) is 130 cm³/mol. The summed E-state index contributed by atoms with van der Waals surface area (Å²) in [4.78, 5) is 40.0. The third kappa shape index (κ3) is 5.75. The van der Waals surface area contributed by atoms with Gasteiger partial charge in [0.1, 0.15) is 24.4 Å². The Morgan fingerprint density at radius 2 is 1.97 bits per heavy atom. The molecule has 1 aliphatic heterocycles. The van der Waals surface area contributed by atoms with E-state index in [0.717, 1.165) is 8.47 Å². The van der Waals surface area contributed by atoms with E-state index in [1.807, 2.05) is 0 Å². The quantitative estimate of drug-likeness (QED) is 0.307. The Kier molecular flexibility index (Phi) is 8.51. The second kappa shape index (κ2) is 11.1. The van der Waals surface area contributed by atoms with Gasteiger partial charge in [-0.3, -0.25) is 9.59 Å². The molecule has 0 aromatic heterocycles. The van der Waals surface area contributed by atoms with Crippen molar-refractivity contribution in [3.63, 3.8) is 0 Å². The molecule has 1 aliphatic rings. The zero-order valence-corrected chi connectivity index (χ0v) is 20.8. The number of halogens is 2. The van der Waals surface area contributed by atoms with Crippen molar-refractivity contribution in [3.05, 3.63) is 56.6 Å². The molecular formula is C22H23ClIN3O6. The highest BCUT2D eigenvalue weighted by Gasteiger charge is 2.47. The van der Waals surface area contributed by atoms with Crippen LogP contribution in [-0.2, 0) is 14.3 Å². The molecule has 1 heterocycles. The molecule has 176 valence electrons. The fourth-order valence-electron chi connectivity index (χ4n) is 3.37. The topological polar surface area (TPSA) is 117 Å². The highest BCUT2D eigenvalue weighted by atomic mass is 127. The molecule has 0 spiro atoms. The molecule has 33 heavy (non-hydrogen) atoms. The lowest BCUT2D eigenvalue weighted by Crippen LogP contribution is -2.53. The monoisotopic (exact) mass is 587 g/mol. The van der Waals surface area contributed by atoms with Gasteiger partial charge in [-0.15, -0.1) is 0 Å². The molecule has 1 fully saturated rings. The minimum absolute atomic E-state index is 0.123. The van der Waals surface area contributed by atoms with E-state index in [0.29, 0.717) is 22.0 Å². The first kappa shape index (κ1) is 25.2. The van der Waals surface area contributed by atoms with Crippen molar-refractivity contribution in [1.82, 2.24) is 10.2 Å². The molecule has 3 N–H and O–H groups in total. The van der Waals surface area contributed by atoms with Crippen LogP contribution in [0.3, 0.4) is 0 Å². The Hall–Kier alpha value is -2.41. The second-order valence-corrected chi connectivity index (χ2v) is 8.88. The van der Waals surface area contributed by atoms with E-state index in [1.165, 1.54) is 7.11 Å². The lowest BCUT2D eigenvalue weighted by atomic mass is 10.0. The SMILES string of the molecule is CO[C@H](C)[C@@H](C(=O)Nc1ccc(I)cc1Cl)N1C(=O)N[C@H](c2ccc(OCCO)cc2)C1=O. The van der Waals surface area contributed by atoms with Crippen molar-refractivity contribution in [3.8, 4) is 5.75 Å². The van der Waals surface area contributed by atoms with E-state index in [4.69, 9.17) is 26.2 Å². The minimum atomic E-state index is -1.23. The second-order valence-electron chi connectivity index (χ2n) is 7.23. The van der Waals surface area contributed by atoms with Crippen LogP contribution in [0.2, 0.25) is 5.02 Å². The number of aliphatic hydroxyl groups excluding tert-OH is 1. The van der Waals surface area contributed by atoms with E-state index in [2.05, 4.69) is 33.2 Å². The third-order valence-corrected chi connectivity index (χ3v) is 6.08. The number of ether oxygens (including phenoxy) is 2. The van der Waals surface area contributed by atoms with Gasteiger partial charge in [0.15, 0.2) is 0 Å². The van der Waals surface area contributed by atoms with Crippen LogP contribution >= 0.6 is 34.2 Å². The van der Waals surface area contributed by atoms with Gasteiger partial charge in [0, 0.05) is 10.7 Å². The number of carbonyl (C=O) groups excluding carboxylic acids is 3. The van der Waals surface area contributed by atoms with E-state index in [9.17, 15) is 14.4 Å². The van der Waals surface area contributed by atoms with Gasteiger partial charge in [-0.05, 0) is 65.4 Å². The van der Waals surface area contributed by atoms with Crippen LogP contribution < -0.4 is 15.4 Å². The Bertz CT molecular complexity index is 1040. The van der Waals surface area contributed by atoms with Crippen molar-refractivity contribution < 1.29 is 29.0 Å². The van der Waals surface area contributed by atoms with Gasteiger partial charge in [0.25, 0.3) is 5.91 Å². The molecule has 4 amide bonds. The highest BCUT2D eigenvalue weighted by molar-refractivity contribution is 14.1. The highest BCUT2D eigenvalue weighted by Crippen LogP contribution is 2.29. The van der Waals surface area contributed by atoms with E-state index >= 15 is 0 Å². The van der Waals surface area contributed by atoms with Gasteiger partial charge in [-0.2, -0.15) is 0 Å². The predicted octanol–water partition coefficient (Wildman–Crippen LogP) is 2.95. The maximum Gasteiger partial charge on any atom is 0.325 e. The third-order valence-electron chi connectivity index (χ3n) is 5.10. The molecule has 0 bridgehead atoms. The number of hydrogen-bond acceptors (Lipinski definition) is 6. The van der Waals surface area contributed by atoms with Crippen LogP contribution in [0.15, 0.2) is 42.5 Å². The van der Waals surface area contributed by atoms with Crippen molar-refractivity contribution in [1.29, 1.82) is 0 Å². The number of carbonyl (C=O) groups is 3. The number of aliphatic hydroxyl groups is 1. The van der Waals surface area contributed by atoms with Gasteiger partial charge in [0.05, 0.1) is 23.4 Å². The lowest BCUT2D eigenvalue weighted by molar-refractivity contribution is -0.137. The summed E-state index contributed by atoms with van der Waals surface area (Å²) in [6.45, 7) is 1.62. The normalized spacial score (nSPS) is 17.5. The number of nitrogens with zero attached hydrogens (tertiary/aromatic N) is 1. The number of nitrogens with one attached hydrogen (secondary N) is 2.